The van der Waals surface area contributed by atoms with E-state index in [-0.39, 0.29) is 23.7 Å². The lowest BCUT2D eigenvalue weighted by molar-refractivity contribution is -0.385. The Hall–Kier alpha value is -1.51. The SMILES string of the molecule is CCc1ccc([N+](=O)[O-])cc1S(=O)(=O)N1CCOCC1. The first-order valence-electron chi connectivity index (χ1n) is 6.32. The van der Waals surface area contributed by atoms with Gasteiger partial charge in [-0.25, -0.2) is 8.42 Å². The lowest BCUT2D eigenvalue weighted by Crippen LogP contribution is -2.40. The van der Waals surface area contributed by atoms with E-state index in [2.05, 4.69) is 0 Å². The first kappa shape index (κ1) is 14.9. The maximum absolute atomic E-state index is 12.6. The van der Waals surface area contributed by atoms with Gasteiger partial charge in [0.1, 0.15) is 0 Å². The average Bonchev–Trinajstić information content (AvgIpc) is 2.47. The fraction of sp³-hybridized carbons (Fsp3) is 0.500. The summed E-state index contributed by atoms with van der Waals surface area (Å²) in [4.78, 5) is 10.3. The van der Waals surface area contributed by atoms with E-state index in [1.807, 2.05) is 6.92 Å². The Kier molecular flexibility index (Phi) is 4.36. The van der Waals surface area contributed by atoms with E-state index in [9.17, 15) is 18.5 Å². The maximum atomic E-state index is 12.6. The van der Waals surface area contributed by atoms with Gasteiger partial charge in [-0.3, -0.25) is 10.1 Å². The van der Waals surface area contributed by atoms with Gasteiger partial charge in [-0.15, -0.1) is 0 Å². The Morgan fingerprint density at radius 1 is 1.35 bits per heavy atom. The Morgan fingerprint density at radius 3 is 2.55 bits per heavy atom. The average molecular weight is 300 g/mol. The van der Waals surface area contributed by atoms with E-state index in [4.69, 9.17) is 4.74 Å². The number of aryl methyl sites for hydroxylation is 1. The summed E-state index contributed by atoms with van der Waals surface area (Å²) >= 11 is 0. The number of hydrogen-bond acceptors (Lipinski definition) is 5. The molecule has 0 aromatic heterocycles. The van der Waals surface area contributed by atoms with Crippen LogP contribution < -0.4 is 0 Å². The molecule has 20 heavy (non-hydrogen) atoms. The molecule has 1 aromatic carbocycles. The lowest BCUT2D eigenvalue weighted by atomic mass is 10.1. The molecule has 8 heteroatoms. The number of nitro groups is 1. The second kappa shape index (κ2) is 5.86. The third kappa shape index (κ3) is 2.82. The van der Waals surface area contributed by atoms with Gasteiger partial charge in [0.15, 0.2) is 0 Å². The minimum atomic E-state index is -3.71. The summed E-state index contributed by atoms with van der Waals surface area (Å²) in [6.45, 7) is 3.05. The second-order valence-electron chi connectivity index (χ2n) is 4.42. The highest BCUT2D eigenvalue weighted by molar-refractivity contribution is 7.89. The van der Waals surface area contributed by atoms with Crippen molar-refractivity contribution in [1.29, 1.82) is 0 Å². The van der Waals surface area contributed by atoms with Gasteiger partial charge in [0, 0.05) is 25.2 Å². The van der Waals surface area contributed by atoms with Gasteiger partial charge in [-0.1, -0.05) is 13.0 Å². The number of ether oxygens (including phenoxy) is 1. The fourth-order valence-electron chi connectivity index (χ4n) is 2.12. The lowest BCUT2D eigenvalue weighted by Gasteiger charge is -2.26. The summed E-state index contributed by atoms with van der Waals surface area (Å²) in [7, 11) is -3.71. The molecule has 1 aromatic rings. The predicted octanol–water partition coefficient (Wildman–Crippen LogP) is 1.18. The molecule has 0 radical (unpaired) electrons. The number of nitrogens with zero attached hydrogens (tertiary/aromatic N) is 2. The highest BCUT2D eigenvalue weighted by Crippen LogP contribution is 2.26. The van der Waals surface area contributed by atoms with Crippen LogP contribution in [0.15, 0.2) is 23.1 Å². The highest BCUT2D eigenvalue weighted by Gasteiger charge is 2.29. The van der Waals surface area contributed by atoms with E-state index in [1.54, 1.807) is 0 Å². The van der Waals surface area contributed by atoms with Crippen LogP contribution in [0.1, 0.15) is 12.5 Å². The van der Waals surface area contributed by atoms with E-state index >= 15 is 0 Å². The first-order valence-corrected chi connectivity index (χ1v) is 7.76. The van der Waals surface area contributed by atoms with Crippen LogP contribution >= 0.6 is 0 Å². The van der Waals surface area contributed by atoms with Gasteiger partial charge in [0.2, 0.25) is 10.0 Å². The summed E-state index contributed by atoms with van der Waals surface area (Å²) in [5.74, 6) is 0. The van der Waals surface area contributed by atoms with E-state index in [0.717, 1.165) is 6.07 Å². The number of sulfonamides is 1. The Morgan fingerprint density at radius 2 is 2.00 bits per heavy atom. The standard InChI is InChI=1S/C12H16N2O5S/c1-2-10-3-4-11(14(15)16)9-12(10)20(17,18)13-5-7-19-8-6-13/h3-4,9H,2,5-8H2,1H3. The van der Waals surface area contributed by atoms with Crippen LogP contribution in [0.4, 0.5) is 5.69 Å². The quantitative estimate of drug-likeness (QED) is 0.615. The molecule has 0 amide bonds. The van der Waals surface area contributed by atoms with Gasteiger partial charge in [-0.05, 0) is 12.0 Å². The molecular formula is C12H16N2O5S. The van der Waals surface area contributed by atoms with Crippen molar-refractivity contribution in [3.05, 3.63) is 33.9 Å². The van der Waals surface area contributed by atoms with Crippen LogP contribution in [-0.2, 0) is 21.2 Å². The zero-order valence-electron chi connectivity index (χ0n) is 11.1. The zero-order chi connectivity index (χ0) is 14.8. The maximum Gasteiger partial charge on any atom is 0.270 e. The molecule has 0 atom stereocenters. The van der Waals surface area contributed by atoms with Crippen LogP contribution in [-0.4, -0.2) is 43.9 Å². The monoisotopic (exact) mass is 300 g/mol. The molecule has 1 aliphatic heterocycles. The number of non-ortho nitro benzene ring substituents is 1. The van der Waals surface area contributed by atoms with Gasteiger partial charge in [0.25, 0.3) is 5.69 Å². The van der Waals surface area contributed by atoms with E-state index in [1.165, 1.54) is 16.4 Å². The predicted molar refractivity (Wildman–Crippen MR) is 72.1 cm³/mol. The van der Waals surface area contributed by atoms with Crippen LogP contribution in [0.5, 0.6) is 0 Å². The molecule has 0 spiro atoms. The van der Waals surface area contributed by atoms with E-state index in [0.29, 0.717) is 25.2 Å². The summed E-state index contributed by atoms with van der Waals surface area (Å²) in [5, 5.41) is 10.8. The minimum Gasteiger partial charge on any atom is -0.379 e. The molecule has 1 heterocycles. The van der Waals surface area contributed by atoms with Gasteiger partial charge < -0.3 is 4.74 Å². The highest BCUT2D eigenvalue weighted by atomic mass is 32.2. The van der Waals surface area contributed by atoms with Gasteiger partial charge >= 0.3 is 0 Å². The first-order chi connectivity index (χ1) is 9.46. The minimum absolute atomic E-state index is 0.0242. The van der Waals surface area contributed by atoms with Crippen LogP contribution in [0, 0.1) is 10.1 Å². The van der Waals surface area contributed by atoms with Gasteiger partial charge in [-0.2, -0.15) is 4.31 Å². The van der Waals surface area contributed by atoms with Crippen molar-refractivity contribution in [1.82, 2.24) is 4.31 Å². The summed E-state index contributed by atoms with van der Waals surface area (Å²) in [6.07, 6.45) is 0.497. The van der Waals surface area contributed by atoms with Crippen molar-refractivity contribution in [2.45, 2.75) is 18.2 Å². The third-order valence-corrected chi connectivity index (χ3v) is 5.21. The molecule has 0 bridgehead atoms. The molecule has 110 valence electrons. The molecule has 1 saturated heterocycles. The molecule has 1 fully saturated rings. The smallest absolute Gasteiger partial charge is 0.270 e. The summed E-state index contributed by atoms with van der Waals surface area (Å²) < 4.78 is 31.6. The summed E-state index contributed by atoms with van der Waals surface area (Å²) in [5.41, 5.74) is 0.371. The number of morpholine rings is 1. The molecule has 1 aliphatic rings. The number of benzene rings is 1. The second-order valence-corrected chi connectivity index (χ2v) is 6.33. The van der Waals surface area contributed by atoms with Crippen LogP contribution in [0.3, 0.4) is 0 Å². The van der Waals surface area contributed by atoms with Crippen molar-refractivity contribution in [2.75, 3.05) is 26.3 Å². The normalized spacial score (nSPS) is 17.1. The van der Waals surface area contributed by atoms with Crippen molar-refractivity contribution in [2.24, 2.45) is 0 Å². The van der Waals surface area contributed by atoms with Crippen molar-refractivity contribution >= 4 is 15.7 Å². The van der Waals surface area contributed by atoms with E-state index < -0.39 is 14.9 Å². The van der Waals surface area contributed by atoms with Crippen LogP contribution in [0.25, 0.3) is 0 Å². The summed E-state index contributed by atoms with van der Waals surface area (Å²) in [6, 6.07) is 3.98. The van der Waals surface area contributed by atoms with Crippen molar-refractivity contribution in [3.63, 3.8) is 0 Å². The molecule has 0 unspecified atom stereocenters. The van der Waals surface area contributed by atoms with Gasteiger partial charge in [0.05, 0.1) is 23.0 Å². The Balaban J connectivity index is 2.48. The molecule has 7 nitrogen and oxygen atoms in total. The number of hydrogen-bond donors (Lipinski definition) is 0. The Labute approximate surface area is 117 Å². The molecular weight excluding hydrogens is 284 g/mol. The number of rotatable bonds is 4. The largest absolute Gasteiger partial charge is 0.379 e. The fourth-order valence-corrected chi connectivity index (χ4v) is 3.84. The molecule has 0 aliphatic carbocycles. The number of nitro benzene ring substituents is 1. The Bertz CT molecular complexity index is 608. The molecule has 0 N–H and O–H groups in total. The molecule has 2 rings (SSSR count). The van der Waals surface area contributed by atoms with Crippen molar-refractivity contribution < 1.29 is 18.1 Å². The van der Waals surface area contributed by atoms with Crippen LogP contribution in [0.2, 0.25) is 0 Å². The molecule has 0 saturated carbocycles. The van der Waals surface area contributed by atoms with Crippen molar-refractivity contribution in [3.8, 4) is 0 Å². The third-order valence-electron chi connectivity index (χ3n) is 3.23. The zero-order valence-corrected chi connectivity index (χ0v) is 11.9. The topological polar surface area (TPSA) is 89.8 Å².